The maximum atomic E-state index is 13.3. The van der Waals surface area contributed by atoms with Crippen LogP contribution >= 0.6 is 0 Å². The monoisotopic (exact) mass is 333 g/mol. The minimum absolute atomic E-state index is 0.651. The zero-order valence-corrected chi connectivity index (χ0v) is 13.9. The minimum Gasteiger partial charge on any atom is -0.492 e. The Labute approximate surface area is 141 Å². The Morgan fingerprint density at radius 3 is 2.50 bits per heavy atom. The molecule has 1 fully saturated rings. The van der Waals surface area contributed by atoms with Gasteiger partial charge >= 0.3 is 0 Å². The molecule has 0 atom stereocenters. The van der Waals surface area contributed by atoms with Crippen LogP contribution in [0.15, 0.2) is 42.5 Å². The van der Waals surface area contributed by atoms with Gasteiger partial charge in [0.15, 0.2) is 11.6 Å². The fourth-order valence-electron chi connectivity index (χ4n) is 3.17. The van der Waals surface area contributed by atoms with Gasteiger partial charge < -0.3 is 14.5 Å². The summed E-state index contributed by atoms with van der Waals surface area (Å²) in [5, 5.41) is 0. The van der Waals surface area contributed by atoms with Crippen molar-refractivity contribution < 1.29 is 18.4 Å². The van der Waals surface area contributed by atoms with Crippen molar-refractivity contribution in [3.63, 3.8) is 0 Å². The molecule has 1 aliphatic rings. The van der Waals surface area contributed by atoms with Gasteiger partial charge in [0.05, 0.1) is 38.5 Å². The number of nitrogens with zero attached hydrogens (tertiary/aromatic N) is 1. The van der Waals surface area contributed by atoms with Crippen LogP contribution in [0.2, 0.25) is 0 Å². The van der Waals surface area contributed by atoms with Crippen molar-refractivity contribution in [3.8, 4) is 5.75 Å². The third kappa shape index (κ3) is 3.85. The number of benzene rings is 2. The van der Waals surface area contributed by atoms with E-state index in [2.05, 4.69) is 11.0 Å². The number of hydrogen-bond acceptors (Lipinski definition) is 2. The highest BCUT2D eigenvalue weighted by Crippen LogP contribution is 2.27. The first-order valence-electron chi connectivity index (χ1n) is 8.41. The summed E-state index contributed by atoms with van der Waals surface area (Å²) in [5.41, 5.74) is 1.97. The summed E-state index contributed by atoms with van der Waals surface area (Å²) < 4.78 is 32.1. The first-order chi connectivity index (χ1) is 11.7. The maximum Gasteiger partial charge on any atom is 0.159 e. The van der Waals surface area contributed by atoms with Crippen molar-refractivity contribution in [2.24, 2.45) is 0 Å². The fourth-order valence-corrected chi connectivity index (χ4v) is 3.17. The highest BCUT2D eigenvalue weighted by Gasteiger charge is 2.22. The highest BCUT2D eigenvalue weighted by molar-refractivity contribution is 5.58. The van der Waals surface area contributed by atoms with E-state index in [1.165, 1.54) is 17.0 Å². The number of rotatable bonds is 5. The van der Waals surface area contributed by atoms with Crippen molar-refractivity contribution in [1.29, 1.82) is 0 Å². The molecule has 1 saturated heterocycles. The van der Waals surface area contributed by atoms with E-state index in [0.29, 0.717) is 6.61 Å². The number of anilines is 1. The number of quaternary nitrogens is 1. The lowest BCUT2D eigenvalue weighted by Gasteiger charge is -2.34. The first-order valence-corrected chi connectivity index (χ1v) is 8.41. The second-order valence-electron chi connectivity index (χ2n) is 6.06. The lowest BCUT2D eigenvalue weighted by Crippen LogP contribution is -3.13. The van der Waals surface area contributed by atoms with Gasteiger partial charge in [0, 0.05) is 5.56 Å². The van der Waals surface area contributed by atoms with Crippen LogP contribution in [0.1, 0.15) is 12.5 Å². The van der Waals surface area contributed by atoms with Crippen LogP contribution in [-0.4, -0.2) is 32.8 Å². The number of halogens is 2. The van der Waals surface area contributed by atoms with Crippen molar-refractivity contribution in [3.05, 3.63) is 59.7 Å². The molecule has 1 aliphatic heterocycles. The van der Waals surface area contributed by atoms with E-state index >= 15 is 0 Å². The maximum absolute atomic E-state index is 13.3. The average molecular weight is 333 g/mol. The molecule has 1 heterocycles. The standard InChI is InChI=1S/C19H22F2N2O/c1-2-24-19-6-4-3-5-18(19)23-11-9-22(10-12-23)14-15-7-8-16(20)17(21)13-15/h3-8,13H,2,9-12,14H2,1H3/p+1. The van der Waals surface area contributed by atoms with E-state index in [1.807, 2.05) is 25.1 Å². The van der Waals surface area contributed by atoms with Gasteiger partial charge in [0.25, 0.3) is 0 Å². The highest BCUT2D eigenvalue weighted by atomic mass is 19.2. The summed E-state index contributed by atoms with van der Waals surface area (Å²) in [6.07, 6.45) is 0. The van der Waals surface area contributed by atoms with Gasteiger partial charge in [0.1, 0.15) is 12.3 Å². The molecule has 0 radical (unpaired) electrons. The van der Waals surface area contributed by atoms with Gasteiger partial charge in [-0.2, -0.15) is 0 Å². The molecule has 3 nitrogen and oxygen atoms in total. The van der Waals surface area contributed by atoms with E-state index in [9.17, 15) is 8.78 Å². The molecule has 1 N–H and O–H groups in total. The number of ether oxygens (including phenoxy) is 1. The summed E-state index contributed by atoms with van der Waals surface area (Å²) in [5.74, 6) is -0.633. The molecule has 0 saturated carbocycles. The van der Waals surface area contributed by atoms with Crippen LogP contribution in [0.5, 0.6) is 5.75 Å². The van der Waals surface area contributed by atoms with Gasteiger partial charge in [-0.3, -0.25) is 0 Å². The number of piperazine rings is 1. The molecule has 2 aromatic rings. The smallest absolute Gasteiger partial charge is 0.159 e. The molecule has 0 unspecified atom stereocenters. The first kappa shape index (κ1) is 16.7. The Hall–Kier alpha value is -2.14. The third-order valence-corrected chi connectivity index (χ3v) is 4.41. The summed E-state index contributed by atoms with van der Waals surface area (Å²) in [4.78, 5) is 3.71. The normalized spacial score (nSPS) is 15.5. The molecule has 3 rings (SSSR count). The average Bonchev–Trinajstić information content (AvgIpc) is 2.60. The zero-order valence-electron chi connectivity index (χ0n) is 13.9. The van der Waals surface area contributed by atoms with Crippen molar-refractivity contribution in [2.75, 3.05) is 37.7 Å². The Balaban J connectivity index is 1.60. The predicted molar refractivity (Wildman–Crippen MR) is 90.6 cm³/mol. The number of nitrogens with one attached hydrogen (secondary N) is 1. The molecule has 5 heteroatoms. The van der Waals surface area contributed by atoms with Crippen LogP contribution in [-0.2, 0) is 6.54 Å². The van der Waals surface area contributed by atoms with Crippen LogP contribution in [0.4, 0.5) is 14.5 Å². The SMILES string of the molecule is CCOc1ccccc1N1CC[NH+](Cc2ccc(F)c(F)c2)CC1. The molecular formula is C19H23F2N2O+. The van der Waals surface area contributed by atoms with Crippen LogP contribution in [0, 0.1) is 11.6 Å². The molecule has 0 aromatic heterocycles. The van der Waals surface area contributed by atoms with Crippen molar-refractivity contribution in [1.82, 2.24) is 0 Å². The van der Waals surface area contributed by atoms with E-state index in [-0.39, 0.29) is 0 Å². The predicted octanol–water partition coefficient (Wildman–Crippen LogP) is 2.27. The Morgan fingerprint density at radius 2 is 1.79 bits per heavy atom. The van der Waals surface area contributed by atoms with Gasteiger partial charge in [-0.1, -0.05) is 18.2 Å². The molecule has 2 aromatic carbocycles. The summed E-state index contributed by atoms with van der Waals surface area (Å²) in [6.45, 7) is 7.11. The second kappa shape index (κ2) is 7.62. The molecule has 0 amide bonds. The second-order valence-corrected chi connectivity index (χ2v) is 6.06. The third-order valence-electron chi connectivity index (χ3n) is 4.41. The van der Waals surface area contributed by atoms with Gasteiger partial charge in [-0.25, -0.2) is 8.78 Å². The molecular weight excluding hydrogens is 310 g/mol. The molecule has 128 valence electrons. The Morgan fingerprint density at radius 1 is 1.04 bits per heavy atom. The van der Waals surface area contributed by atoms with E-state index < -0.39 is 11.6 Å². The summed E-state index contributed by atoms with van der Waals surface area (Å²) in [6, 6.07) is 12.3. The lowest BCUT2D eigenvalue weighted by molar-refractivity contribution is -0.914. The number of para-hydroxylation sites is 2. The lowest BCUT2D eigenvalue weighted by atomic mass is 10.1. The summed E-state index contributed by atoms with van der Waals surface area (Å²) in [7, 11) is 0. The van der Waals surface area contributed by atoms with Gasteiger partial charge in [-0.05, 0) is 31.2 Å². The largest absolute Gasteiger partial charge is 0.492 e. The number of hydrogen-bond donors (Lipinski definition) is 1. The van der Waals surface area contributed by atoms with Crippen LogP contribution in [0.3, 0.4) is 0 Å². The van der Waals surface area contributed by atoms with E-state index in [0.717, 1.165) is 49.7 Å². The van der Waals surface area contributed by atoms with Crippen molar-refractivity contribution in [2.45, 2.75) is 13.5 Å². The Kier molecular flexibility index (Phi) is 5.30. The topological polar surface area (TPSA) is 16.9 Å². The van der Waals surface area contributed by atoms with Crippen molar-refractivity contribution >= 4 is 5.69 Å². The van der Waals surface area contributed by atoms with Crippen LogP contribution < -0.4 is 14.5 Å². The fraction of sp³-hybridized carbons (Fsp3) is 0.368. The minimum atomic E-state index is -0.786. The van der Waals surface area contributed by atoms with E-state index in [4.69, 9.17) is 4.74 Å². The molecule has 24 heavy (non-hydrogen) atoms. The Bertz CT molecular complexity index is 685. The molecule has 0 aliphatic carbocycles. The van der Waals surface area contributed by atoms with Gasteiger partial charge in [-0.15, -0.1) is 0 Å². The van der Waals surface area contributed by atoms with Crippen LogP contribution in [0.25, 0.3) is 0 Å². The van der Waals surface area contributed by atoms with Gasteiger partial charge in [0.2, 0.25) is 0 Å². The molecule has 0 bridgehead atoms. The zero-order chi connectivity index (χ0) is 16.9. The van der Waals surface area contributed by atoms with E-state index in [1.54, 1.807) is 6.07 Å². The summed E-state index contributed by atoms with van der Waals surface area (Å²) >= 11 is 0. The quantitative estimate of drug-likeness (QED) is 0.904. The molecule has 0 spiro atoms.